The van der Waals surface area contributed by atoms with E-state index in [1.165, 1.54) is 4.31 Å². The van der Waals surface area contributed by atoms with Crippen LogP contribution in [0.3, 0.4) is 0 Å². The molecule has 0 saturated heterocycles. The highest BCUT2D eigenvalue weighted by molar-refractivity contribution is 7.88. The average Bonchev–Trinajstić information content (AvgIpc) is 2.39. The Balaban J connectivity index is 2.81. The second kappa shape index (κ2) is 8.36. The minimum Gasteiger partial charge on any atom is -0.383 e. The summed E-state index contributed by atoms with van der Waals surface area (Å²) in [6, 6.07) is 7.65. The van der Waals surface area contributed by atoms with Crippen LogP contribution in [0.4, 0.5) is 0 Å². The Hall–Kier alpha value is -0.950. The smallest absolute Gasteiger partial charge is 0.218 e. The highest BCUT2D eigenvalue weighted by atomic mass is 32.2. The Bertz CT molecular complexity index is 503. The van der Waals surface area contributed by atoms with Gasteiger partial charge in [-0.05, 0) is 18.2 Å². The molecule has 0 fully saturated rings. The summed E-state index contributed by atoms with van der Waals surface area (Å²) < 4.78 is 31.1. The van der Waals surface area contributed by atoms with Crippen molar-refractivity contribution in [1.82, 2.24) is 9.62 Å². The lowest BCUT2D eigenvalue weighted by Crippen LogP contribution is -2.34. The Morgan fingerprint density at radius 1 is 1.30 bits per heavy atom. The number of nitrogens with one attached hydrogen (secondary N) is 1. The normalized spacial score (nSPS) is 12.0. The molecule has 0 spiro atoms. The predicted octanol–water partition coefficient (Wildman–Crippen LogP) is 1.20. The molecular weight excluding hydrogens is 276 g/mol. The van der Waals surface area contributed by atoms with E-state index in [2.05, 4.69) is 5.32 Å². The van der Waals surface area contributed by atoms with E-state index in [-0.39, 0.29) is 5.75 Å². The van der Waals surface area contributed by atoms with E-state index in [0.29, 0.717) is 19.7 Å². The van der Waals surface area contributed by atoms with Crippen molar-refractivity contribution >= 4 is 10.0 Å². The lowest BCUT2D eigenvalue weighted by Gasteiger charge is -2.20. The molecule has 0 heterocycles. The second-order valence-corrected chi connectivity index (χ2v) is 6.56. The van der Waals surface area contributed by atoms with Crippen LogP contribution in [0, 0.1) is 0 Å². The molecule has 1 N–H and O–H groups in total. The molecule has 0 amide bonds. The van der Waals surface area contributed by atoms with E-state index in [1.807, 2.05) is 38.2 Å². The molecule has 0 aliphatic heterocycles. The number of likely N-dealkylation sites (N-methyl/N-ethyl adjacent to an activating group) is 1. The molecule has 0 aromatic heterocycles. The summed E-state index contributed by atoms with van der Waals surface area (Å²) in [4.78, 5) is 0. The topological polar surface area (TPSA) is 58.6 Å². The maximum absolute atomic E-state index is 12.4. The van der Waals surface area contributed by atoms with Gasteiger partial charge in [0.25, 0.3) is 0 Å². The number of benzene rings is 1. The first kappa shape index (κ1) is 17.1. The number of hydrogen-bond acceptors (Lipinski definition) is 4. The first-order valence-corrected chi connectivity index (χ1v) is 8.33. The average molecular weight is 300 g/mol. The molecule has 20 heavy (non-hydrogen) atoms. The molecule has 0 aliphatic rings. The summed E-state index contributed by atoms with van der Waals surface area (Å²) in [6.07, 6.45) is 0. The lowest BCUT2D eigenvalue weighted by molar-refractivity contribution is 0.180. The monoisotopic (exact) mass is 300 g/mol. The van der Waals surface area contributed by atoms with Gasteiger partial charge in [-0.1, -0.05) is 31.2 Å². The number of rotatable bonds is 9. The number of hydrogen-bond donors (Lipinski definition) is 1. The fraction of sp³-hybridized carbons (Fsp3) is 0.571. The van der Waals surface area contributed by atoms with Crippen LogP contribution in [0.25, 0.3) is 0 Å². The molecular formula is C14H24N2O3S. The summed E-state index contributed by atoms with van der Waals surface area (Å²) in [6.45, 7) is 3.83. The zero-order valence-electron chi connectivity index (χ0n) is 12.4. The Labute approximate surface area is 122 Å². The molecule has 0 atom stereocenters. The van der Waals surface area contributed by atoms with E-state index in [0.717, 1.165) is 17.7 Å². The van der Waals surface area contributed by atoms with Crippen molar-refractivity contribution < 1.29 is 13.2 Å². The minimum atomic E-state index is -3.30. The SMILES string of the molecule is CCN(CCOC)S(=O)(=O)Cc1cccc(CNC)c1. The van der Waals surface area contributed by atoms with E-state index in [9.17, 15) is 8.42 Å². The number of nitrogens with zero attached hydrogens (tertiary/aromatic N) is 1. The summed E-state index contributed by atoms with van der Waals surface area (Å²) in [5.74, 6) is 0.0299. The van der Waals surface area contributed by atoms with Crippen LogP contribution in [-0.4, -0.2) is 46.6 Å². The molecule has 1 aromatic carbocycles. The third kappa shape index (κ3) is 5.20. The van der Waals surface area contributed by atoms with Gasteiger partial charge in [-0.15, -0.1) is 0 Å². The third-order valence-electron chi connectivity index (χ3n) is 3.01. The van der Waals surface area contributed by atoms with Crippen molar-refractivity contribution in [1.29, 1.82) is 0 Å². The first-order valence-electron chi connectivity index (χ1n) is 6.72. The van der Waals surface area contributed by atoms with Gasteiger partial charge in [0.15, 0.2) is 0 Å². The van der Waals surface area contributed by atoms with Crippen LogP contribution in [0.15, 0.2) is 24.3 Å². The predicted molar refractivity (Wildman–Crippen MR) is 81.0 cm³/mol. The van der Waals surface area contributed by atoms with Gasteiger partial charge in [0.1, 0.15) is 0 Å². The largest absolute Gasteiger partial charge is 0.383 e. The molecule has 1 rings (SSSR count). The fourth-order valence-corrected chi connectivity index (χ4v) is 3.55. The van der Waals surface area contributed by atoms with Crippen molar-refractivity contribution in [3.63, 3.8) is 0 Å². The molecule has 6 heteroatoms. The number of methoxy groups -OCH3 is 1. The van der Waals surface area contributed by atoms with Crippen LogP contribution in [0.2, 0.25) is 0 Å². The lowest BCUT2D eigenvalue weighted by atomic mass is 10.1. The molecule has 0 aliphatic carbocycles. The van der Waals surface area contributed by atoms with Crippen molar-refractivity contribution in [3.8, 4) is 0 Å². The zero-order valence-corrected chi connectivity index (χ0v) is 13.2. The van der Waals surface area contributed by atoms with E-state index in [1.54, 1.807) is 7.11 Å². The number of ether oxygens (including phenoxy) is 1. The Morgan fingerprint density at radius 3 is 2.60 bits per heavy atom. The van der Waals surface area contributed by atoms with Crippen molar-refractivity contribution in [3.05, 3.63) is 35.4 Å². The van der Waals surface area contributed by atoms with Gasteiger partial charge in [0.05, 0.1) is 12.4 Å². The molecule has 0 unspecified atom stereocenters. The standard InChI is InChI=1S/C14H24N2O3S/c1-4-16(8-9-19-3)20(17,18)12-14-7-5-6-13(10-14)11-15-2/h5-7,10,15H,4,8-9,11-12H2,1-3H3. The highest BCUT2D eigenvalue weighted by Gasteiger charge is 2.20. The fourth-order valence-electron chi connectivity index (χ4n) is 2.02. The third-order valence-corrected chi connectivity index (χ3v) is 4.94. The summed E-state index contributed by atoms with van der Waals surface area (Å²) in [7, 11) is 0.143. The van der Waals surface area contributed by atoms with Crippen molar-refractivity contribution in [2.24, 2.45) is 0 Å². The van der Waals surface area contributed by atoms with Crippen LogP contribution in [-0.2, 0) is 27.1 Å². The zero-order chi connectivity index (χ0) is 15.0. The van der Waals surface area contributed by atoms with Gasteiger partial charge in [-0.3, -0.25) is 0 Å². The highest BCUT2D eigenvalue weighted by Crippen LogP contribution is 2.12. The molecule has 5 nitrogen and oxygen atoms in total. The van der Waals surface area contributed by atoms with E-state index in [4.69, 9.17) is 4.74 Å². The van der Waals surface area contributed by atoms with E-state index < -0.39 is 10.0 Å². The molecule has 0 bridgehead atoms. The first-order chi connectivity index (χ1) is 9.53. The van der Waals surface area contributed by atoms with Gasteiger partial charge < -0.3 is 10.1 Å². The van der Waals surface area contributed by atoms with Crippen LogP contribution >= 0.6 is 0 Å². The maximum Gasteiger partial charge on any atom is 0.218 e. The van der Waals surface area contributed by atoms with Crippen molar-refractivity contribution in [2.45, 2.75) is 19.2 Å². The van der Waals surface area contributed by atoms with Gasteiger partial charge in [0, 0.05) is 26.7 Å². The second-order valence-electron chi connectivity index (χ2n) is 4.59. The van der Waals surface area contributed by atoms with Crippen LogP contribution in [0.5, 0.6) is 0 Å². The van der Waals surface area contributed by atoms with Gasteiger partial charge >= 0.3 is 0 Å². The molecule has 1 aromatic rings. The quantitative estimate of drug-likeness (QED) is 0.744. The summed E-state index contributed by atoms with van der Waals surface area (Å²) in [5.41, 5.74) is 1.90. The van der Waals surface area contributed by atoms with Crippen LogP contribution < -0.4 is 5.32 Å². The maximum atomic E-state index is 12.4. The summed E-state index contributed by atoms with van der Waals surface area (Å²) in [5, 5.41) is 3.06. The molecule has 0 radical (unpaired) electrons. The van der Waals surface area contributed by atoms with Crippen LogP contribution in [0.1, 0.15) is 18.1 Å². The Morgan fingerprint density at radius 2 is 2.00 bits per heavy atom. The van der Waals surface area contributed by atoms with Gasteiger partial charge in [0.2, 0.25) is 10.0 Å². The molecule has 114 valence electrons. The Kier molecular flexibility index (Phi) is 7.15. The van der Waals surface area contributed by atoms with E-state index >= 15 is 0 Å². The minimum absolute atomic E-state index is 0.0299. The van der Waals surface area contributed by atoms with Crippen molar-refractivity contribution in [2.75, 3.05) is 33.9 Å². The summed E-state index contributed by atoms with van der Waals surface area (Å²) >= 11 is 0. The van der Waals surface area contributed by atoms with Gasteiger partial charge in [-0.2, -0.15) is 4.31 Å². The molecule has 0 saturated carbocycles. The van der Waals surface area contributed by atoms with Gasteiger partial charge in [-0.25, -0.2) is 8.42 Å². The number of sulfonamides is 1.